The normalized spacial score (nSPS) is 21.9. The molecule has 1 saturated heterocycles. The number of amides is 1. The first-order valence-corrected chi connectivity index (χ1v) is 8.80. The molecule has 1 saturated carbocycles. The second-order valence-corrected chi connectivity index (χ2v) is 7.18. The smallest absolute Gasteiger partial charge is 0.393 e. The van der Waals surface area contributed by atoms with E-state index >= 15 is 0 Å². The lowest BCUT2D eigenvalue weighted by molar-refractivity contribution is -0.159. The second kappa shape index (κ2) is 6.33. The van der Waals surface area contributed by atoms with Gasteiger partial charge in [-0.15, -0.1) is 0 Å². The SMILES string of the molecule is O=C(c1ccc(-c2noc(C(F)(F)F)n2)cc1)N1CCC(O)CC12CCC2. The highest BCUT2D eigenvalue weighted by Crippen LogP contribution is 2.45. The Hall–Kier alpha value is -2.42. The second-order valence-electron chi connectivity index (χ2n) is 7.18. The number of carbonyl (C=O) groups excluding carboxylic acids is 1. The van der Waals surface area contributed by atoms with Gasteiger partial charge in [0.15, 0.2) is 0 Å². The van der Waals surface area contributed by atoms with Crippen molar-refractivity contribution in [3.63, 3.8) is 0 Å². The highest BCUT2D eigenvalue weighted by molar-refractivity contribution is 5.95. The van der Waals surface area contributed by atoms with Crippen LogP contribution in [0.1, 0.15) is 48.4 Å². The number of aromatic nitrogens is 2. The maximum absolute atomic E-state index is 12.9. The first kappa shape index (κ1) is 18.0. The molecule has 144 valence electrons. The third kappa shape index (κ3) is 3.20. The van der Waals surface area contributed by atoms with Crippen molar-refractivity contribution in [2.75, 3.05) is 6.54 Å². The third-order valence-corrected chi connectivity index (χ3v) is 5.46. The number of aliphatic hydroxyl groups is 1. The molecule has 1 N–H and O–H groups in total. The van der Waals surface area contributed by atoms with Crippen LogP contribution < -0.4 is 0 Å². The molecule has 9 heteroatoms. The van der Waals surface area contributed by atoms with Gasteiger partial charge in [0.05, 0.1) is 6.10 Å². The van der Waals surface area contributed by atoms with E-state index in [1.165, 1.54) is 12.1 Å². The Bertz CT molecular complexity index is 844. The van der Waals surface area contributed by atoms with Crippen LogP contribution in [0.15, 0.2) is 28.8 Å². The summed E-state index contributed by atoms with van der Waals surface area (Å²) in [5, 5.41) is 13.3. The predicted octanol–water partition coefficient (Wildman–Crippen LogP) is 3.28. The number of likely N-dealkylation sites (tertiary alicyclic amines) is 1. The summed E-state index contributed by atoms with van der Waals surface area (Å²) in [6, 6.07) is 6.12. The van der Waals surface area contributed by atoms with Gasteiger partial charge in [-0.05, 0) is 44.2 Å². The molecule has 1 aliphatic heterocycles. The summed E-state index contributed by atoms with van der Waals surface area (Å²) >= 11 is 0. The molecule has 0 radical (unpaired) electrons. The van der Waals surface area contributed by atoms with Crippen molar-refractivity contribution in [2.24, 2.45) is 0 Å². The van der Waals surface area contributed by atoms with Gasteiger partial charge in [-0.3, -0.25) is 4.79 Å². The van der Waals surface area contributed by atoms with E-state index in [0.717, 1.165) is 19.3 Å². The van der Waals surface area contributed by atoms with Crippen LogP contribution in [0, 0.1) is 0 Å². The van der Waals surface area contributed by atoms with Gasteiger partial charge in [0.1, 0.15) is 0 Å². The van der Waals surface area contributed by atoms with Crippen molar-refractivity contribution in [1.82, 2.24) is 15.0 Å². The number of hydrogen-bond donors (Lipinski definition) is 1. The molecule has 27 heavy (non-hydrogen) atoms. The van der Waals surface area contributed by atoms with Crippen molar-refractivity contribution >= 4 is 5.91 Å². The van der Waals surface area contributed by atoms with Gasteiger partial charge in [0.25, 0.3) is 5.91 Å². The van der Waals surface area contributed by atoms with Crippen LogP contribution in [0.25, 0.3) is 11.4 Å². The monoisotopic (exact) mass is 381 g/mol. The Balaban J connectivity index is 1.54. The zero-order valence-electron chi connectivity index (χ0n) is 14.4. The molecule has 4 rings (SSSR count). The lowest BCUT2D eigenvalue weighted by atomic mass is 9.69. The lowest BCUT2D eigenvalue weighted by Gasteiger charge is -2.54. The predicted molar refractivity (Wildman–Crippen MR) is 87.6 cm³/mol. The van der Waals surface area contributed by atoms with Crippen LogP contribution in [0.4, 0.5) is 13.2 Å². The first-order chi connectivity index (χ1) is 12.8. The van der Waals surface area contributed by atoms with E-state index in [4.69, 9.17) is 0 Å². The molecule has 1 aliphatic carbocycles. The molecule has 2 heterocycles. The average molecular weight is 381 g/mol. The molecule has 2 fully saturated rings. The topological polar surface area (TPSA) is 79.5 Å². The minimum absolute atomic E-state index is 0.128. The van der Waals surface area contributed by atoms with Gasteiger partial charge in [0, 0.05) is 23.2 Å². The molecule has 1 spiro atoms. The van der Waals surface area contributed by atoms with E-state index in [9.17, 15) is 23.1 Å². The molecule has 2 aliphatic rings. The molecule has 1 aromatic carbocycles. The number of benzene rings is 1. The summed E-state index contributed by atoms with van der Waals surface area (Å²) in [6.45, 7) is 0.502. The molecule has 2 aromatic rings. The quantitative estimate of drug-likeness (QED) is 0.864. The average Bonchev–Trinajstić information content (AvgIpc) is 3.10. The fourth-order valence-corrected chi connectivity index (χ4v) is 3.92. The largest absolute Gasteiger partial charge is 0.471 e. The number of aliphatic hydroxyl groups excluding tert-OH is 1. The molecule has 6 nitrogen and oxygen atoms in total. The Kier molecular flexibility index (Phi) is 4.21. The molecule has 1 unspecified atom stereocenters. The number of nitrogens with zero attached hydrogens (tertiary/aromatic N) is 3. The lowest BCUT2D eigenvalue weighted by Crippen LogP contribution is -2.61. The van der Waals surface area contributed by atoms with E-state index in [0.29, 0.717) is 30.5 Å². The summed E-state index contributed by atoms with van der Waals surface area (Å²) in [6.07, 6.45) is -1.12. The Labute approximate surface area is 153 Å². The summed E-state index contributed by atoms with van der Waals surface area (Å²) < 4.78 is 41.9. The number of piperidine rings is 1. The van der Waals surface area contributed by atoms with Crippen LogP contribution in [0.5, 0.6) is 0 Å². The Morgan fingerprint density at radius 3 is 2.52 bits per heavy atom. The van der Waals surface area contributed by atoms with Gasteiger partial charge < -0.3 is 14.5 Å². The summed E-state index contributed by atoms with van der Waals surface area (Å²) in [5.74, 6) is -1.72. The van der Waals surface area contributed by atoms with Gasteiger partial charge in [-0.1, -0.05) is 17.3 Å². The van der Waals surface area contributed by atoms with Gasteiger partial charge in [-0.25, -0.2) is 0 Å². The zero-order valence-corrected chi connectivity index (χ0v) is 14.4. The number of carbonyl (C=O) groups is 1. The van der Waals surface area contributed by atoms with Gasteiger partial charge >= 0.3 is 12.1 Å². The minimum Gasteiger partial charge on any atom is -0.393 e. The minimum atomic E-state index is -4.70. The van der Waals surface area contributed by atoms with Crippen molar-refractivity contribution in [3.05, 3.63) is 35.7 Å². The van der Waals surface area contributed by atoms with Crippen molar-refractivity contribution in [1.29, 1.82) is 0 Å². The van der Waals surface area contributed by atoms with Crippen LogP contribution in [-0.4, -0.2) is 44.2 Å². The van der Waals surface area contributed by atoms with Crippen LogP contribution in [0.2, 0.25) is 0 Å². The third-order valence-electron chi connectivity index (χ3n) is 5.46. The van der Waals surface area contributed by atoms with E-state index in [2.05, 4.69) is 14.7 Å². The van der Waals surface area contributed by atoms with E-state index in [1.54, 1.807) is 12.1 Å². The highest BCUT2D eigenvalue weighted by Gasteiger charge is 2.48. The van der Waals surface area contributed by atoms with Crippen LogP contribution in [-0.2, 0) is 6.18 Å². The summed E-state index contributed by atoms with van der Waals surface area (Å²) in [5.41, 5.74) is 0.516. The van der Waals surface area contributed by atoms with Gasteiger partial charge in [0.2, 0.25) is 5.82 Å². The van der Waals surface area contributed by atoms with Crippen LogP contribution >= 0.6 is 0 Å². The highest BCUT2D eigenvalue weighted by atomic mass is 19.4. The number of alkyl halides is 3. The number of rotatable bonds is 2. The zero-order chi connectivity index (χ0) is 19.2. The molecule has 1 aromatic heterocycles. The van der Waals surface area contributed by atoms with Crippen molar-refractivity contribution in [3.8, 4) is 11.4 Å². The van der Waals surface area contributed by atoms with Crippen molar-refractivity contribution in [2.45, 2.75) is 49.9 Å². The van der Waals surface area contributed by atoms with Crippen LogP contribution in [0.3, 0.4) is 0 Å². The van der Waals surface area contributed by atoms with Gasteiger partial charge in [-0.2, -0.15) is 18.2 Å². The fraction of sp³-hybridized carbons (Fsp3) is 0.500. The Morgan fingerprint density at radius 1 is 1.26 bits per heavy atom. The number of halogens is 3. The number of hydrogen-bond acceptors (Lipinski definition) is 5. The molecule has 0 bridgehead atoms. The van der Waals surface area contributed by atoms with E-state index in [1.807, 2.05) is 4.90 Å². The van der Waals surface area contributed by atoms with Crippen molar-refractivity contribution < 1.29 is 27.6 Å². The first-order valence-electron chi connectivity index (χ1n) is 8.80. The molecular weight excluding hydrogens is 363 g/mol. The summed E-state index contributed by atoms with van der Waals surface area (Å²) in [7, 11) is 0. The van der Waals surface area contributed by atoms with E-state index in [-0.39, 0.29) is 23.4 Å². The standard InChI is InChI=1S/C18H18F3N3O3/c19-18(20,21)16-22-14(23-27-16)11-2-4-12(5-3-11)15(26)24-9-6-13(25)10-17(24)7-1-8-17/h2-5,13,25H,1,6-10H2. The maximum atomic E-state index is 12.9. The fourth-order valence-electron chi connectivity index (χ4n) is 3.92. The molecule has 1 amide bonds. The van der Waals surface area contributed by atoms with E-state index < -0.39 is 12.1 Å². The maximum Gasteiger partial charge on any atom is 0.471 e. The Morgan fingerprint density at radius 2 is 1.96 bits per heavy atom. The molecular formula is C18H18F3N3O3. The summed E-state index contributed by atoms with van der Waals surface area (Å²) in [4.78, 5) is 18.1. The molecule has 1 atom stereocenters.